The second-order valence-electron chi connectivity index (χ2n) is 6.62. The molecule has 2 amide bonds. The van der Waals surface area contributed by atoms with Crippen molar-refractivity contribution in [1.82, 2.24) is 10.6 Å². The Morgan fingerprint density at radius 2 is 1.61 bits per heavy atom. The summed E-state index contributed by atoms with van der Waals surface area (Å²) in [6.45, 7) is 2.12. The Bertz CT molecular complexity index is 904. The van der Waals surface area contributed by atoms with Gasteiger partial charge >= 0.3 is 0 Å². The number of rotatable bonds is 8. The summed E-state index contributed by atoms with van der Waals surface area (Å²) in [6, 6.07) is 22.7. The van der Waals surface area contributed by atoms with E-state index in [1.54, 1.807) is 6.92 Å². The molecule has 0 aliphatic carbocycles. The summed E-state index contributed by atoms with van der Waals surface area (Å²) >= 11 is 0. The Morgan fingerprint density at radius 3 is 2.32 bits per heavy atom. The van der Waals surface area contributed by atoms with Crippen LogP contribution in [-0.2, 0) is 22.6 Å². The third-order valence-corrected chi connectivity index (χ3v) is 4.40. The van der Waals surface area contributed by atoms with E-state index in [4.69, 9.17) is 4.42 Å². The highest BCUT2D eigenvalue weighted by molar-refractivity contribution is 5.87. The van der Waals surface area contributed by atoms with Crippen LogP contribution in [0.5, 0.6) is 0 Å². The molecule has 2 aromatic carbocycles. The minimum atomic E-state index is -0.590. The fraction of sp³-hybridized carbons (Fsp3) is 0.217. The molecule has 5 nitrogen and oxygen atoms in total. The van der Waals surface area contributed by atoms with Gasteiger partial charge in [-0.3, -0.25) is 9.59 Å². The van der Waals surface area contributed by atoms with E-state index in [9.17, 15) is 9.59 Å². The highest BCUT2D eigenvalue weighted by Gasteiger charge is 2.15. The molecule has 0 saturated carbocycles. The number of benzene rings is 2. The molecule has 1 unspecified atom stereocenters. The Balaban J connectivity index is 1.42. The van der Waals surface area contributed by atoms with Gasteiger partial charge in [-0.1, -0.05) is 60.7 Å². The largest absolute Gasteiger partial charge is 0.461 e. The highest BCUT2D eigenvalue weighted by Crippen LogP contribution is 2.22. The maximum Gasteiger partial charge on any atom is 0.242 e. The number of hydrogen-bond donors (Lipinski definition) is 2. The van der Waals surface area contributed by atoms with Gasteiger partial charge in [0.1, 0.15) is 17.6 Å². The number of aryl methyl sites for hydroxylation is 1. The molecule has 2 N–H and O–H groups in total. The number of amides is 2. The van der Waals surface area contributed by atoms with E-state index >= 15 is 0 Å². The van der Waals surface area contributed by atoms with Crippen molar-refractivity contribution in [2.75, 3.05) is 0 Å². The van der Waals surface area contributed by atoms with Crippen molar-refractivity contribution in [3.63, 3.8) is 0 Å². The monoisotopic (exact) mass is 376 g/mol. The molecule has 0 aliphatic heterocycles. The van der Waals surface area contributed by atoms with Crippen molar-refractivity contribution in [1.29, 1.82) is 0 Å². The summed E-state index contributed by atoms with van der Waals surface area (Å²) in [5.41, 5.74) is 2.02. The lowest BCUT2D eigenvalue weighted by Gasteiger charge is -2.14. The van der Waals surface area contributed by atoms with E-state index in [-0.39, 0.29) is 18.2 Å². The maximum atomic E-state index is 12.1. The molecule has 144 valence electrons. The van der Waals surface area contributed by atoms with Gasteiger partial charge in [-0.2, -0.15) is 0 Å². The quantitative estimate of drug-likeness (QED) is 0.630. The van der Waals surface area contributed by atoms with Gasteiger partial charge in [-0.05, 0) is 24.6 Å². The third kappa shape index (κ3) is 5.58. The first kappa shape index (κ1) is 19.4. The van der Waals surface area contributed by atoms with Gasteiger partial charge in [0.05, 0.1) is 0 Å². The SMILES string of the molecule is CC(NC(=O)CCc1ccc(-c2ccccc2)o1)C(=O)NCc1ccccc1. The second-order valence-corrected chi connectivity index (χ2v) is 6.62. The number of carbonyl (C=O) groups is 2. The molecular formula is C23H24N2O3. The summed E-state index contributed by atoms with van der Waals surface area (Å²) < 4.78 is 5.80. The first-order chi connectivity index (χ1) is 13.6. The number of hydrogen-bond acceptors (Lipinski definition) is 3. The van der Waals surface area contributed by atoms with E-state index in [2.05, 4.69) is 10.6 Å². The average molecular weight is 376 g/mol. The van der Waals surface area contributed by atoms with Gasteiger partial charge in [0.15, 0.2) is 0 Å². The fourth-order valence-corrected chi connectivity index (χ4v) is 2.82. The third-order valence-electron chi connectivity index (χ3n) is 4.40. The molecule has 0 saturated heterocycles. The minimum absolute atomic E-state index is 0.181. The van der Waals surface area contributed by atoms with Gasteiger partial charge < -0.3 is 15.1 Å². The summed E-state index contributed by atoms with van der Waals surface area (Å²) in [5, 5.41) is 5.56. The van der Waals surface area contributed by atoms with Crippen molar-refractivity contribution in [2.45, 2.75) is 32.4 Å². The van der Waals surface area contributed by atoms with Gasteiger partial charge in [-0.25, -0.2) is 0 Å². The van der Waals surface area contributed by atoms with Crippen LogP contribution in [-0.4, -0.2) is 17.9 Å². The van der Waals surface area contributed by atoms with Gasteiger partial charge in [0.25, 0.3) is 0 Å². The van der Waals surface area contributed by atoms with Crippen molar-refractivity contribution in [2.24, 2.45) is 0 Å². The highest BCUT2D eigenvalue weighted by atomic mass is 16.3. The van der Waals surface area contributed by atoms with Crippen LogP contribution in [0.1, 0.15) is 24.7 Å². The summed E-state index contributed by atoms with van der Waals surface area (Å²) in [6.07, 6.45) is 0.745. The zero-order chi connectivity index (χ0) is 19.8. The molecule has 5 heteroatoms. The zero-order valence-electron chi connectivity index (χ0n) is 15.9. The van der Waals surface area contributed by atoms with Crippen molar-refractivity contribution < 1.29 is 14.0 Å². The molecular weight excluding hydrogens is 352 g/mol. The summed E-state index contributed by atoms with van der Waals surface area (Å²) in [5.74, 6) is 1.14. The van der Waals surface area contributed by atoms with Crippen molar-refractivity contribution >= 4 is 11.8 Å². The smallest absolute Gasteiger partial charge is 0.242 e. The molecule has 0 radical (unpaired) electrons. The second kappa shape index (κ2) is 9.55. The van der Waals surface area contributed by atoms with Gasteiger partial charge in [0.2, 0.25) is 11.8 Å². The fourth-order valence-electron chi connectivity index (χ4n) is 2.82. The van der Waals surface area contributed by atoms with Crippen LogP contribution >= 0.6 is 0 Å². The number of nitrogens with one attached hydrogen (secondary N) is 2. The van der Waals surface area contributed by atoms with Crippen molar-refractivity contribution in [3.05, 3.63) is 84.1 Å². The Hall–Kier alpha value is -3.34. The van der Waals surface area contributed by atoms with Gasteiger partial charge in [0, 0.05) is 24.9 Å². The van der Waals surface area contributed by atoms with E-state index in [1.165, 1.54) is 0 Å². The number of carbonyl (C=O) groups excluding carboxylic acids is 2. The predicted molar refractivity (Wildman–Crippen MR) is 108 cm³/mol. The lowest BCUT2D eigenvalue weighted by molar-refractivity contribution is -0.128. The van der Waals surface area contributed by atoms with Crippen molar-refractivity contribution in [3.8, 4) is 11.3 Å². The molecule has 3 rings (SSSR count). The molecule has 0 bridgehead atoms. The maximum absolute atomic E-state index is 12.1. The molecule has 1 aromatic heterocycles. The lowest BCUT2D eigenvalue weighted by atomic mass is 10.2. The predicted octanol–water partition coefficient (Wildman–Crippen LogP) is 3.70. The van der Waals surface area contributed by atoms with Crippen LogP contribution in [0.3, 0.4) is 0 Å². The van der Waals surface area contributed by atoms with Crippen LogP contribution in [0.2, 0.25) is 0 Å². The van der Waals surface area contributed by atoms with Crippen LogP contribution in [0.25, 0.3) is 11.3 Å². The summed E-state index contributed by atoms with van der Waals surface area (Å²) in [7, 11) is 0. The lowest BCUT2D eigenvalue weighted by Crippen LogP contribution is -2.44. The van der Waals surface area contributed by atoms with Crippen LogP contribution < -0.4 is 10.6 Å². The van der Waals surface area contributed by atoms with E-state index in [0.717, 1.165) is 22.6 Å². The molecule has 1 atom stereocenters. The number of furan rings is 1. The molecule has 1 heterocycles. The molecule has 3 aromatic rings. The van der Waals surface area contributed by atoms with Crippen LogP contribution in [0.15, 0.2) is 77.2 Å². The molecule has 28 heavy (non-hydrogen) atoms. The topological polar surface area (TPSA) is 71.3 Å². The molecule has 0 fully saturated rings. The molecule has 0 spiro atoms. The Morgan fingerprint density at radius 1 is 0.929 bits per heavy atom. The zero-order valence-corrected chi connectivity index (χ0v) is 15.9. The standard InChI is InChI=1S/C23H24N2O3/c1-17(23(27)24-16-18-8-4-2-5-9-18)25-22(26)15-13-20-12-14-21(28-20)19-10-6-3-7-11-19/h2-12,14,17H,13,15-16H2,1H3,(H,24,27)(H,25,26). The van der Waals surface area contributed by atoms with Crippen LogP contribution in [0.4, 0.5) is 0 Å². The van der Waals surface area contributed by atoms with E-state index < -0.39 is 6.04 Å². The minimum Gasteiger partial charge on any atom is -0.461 e. The van der Waals surface area contributed by atoms with Gasteiger partial charge in [-0.15, -0.1) is 0 Å². The van der Waals surface area contributed by atoms with E-state index in [0.29, 0.717) is 13.0 Å². The Kier molecular flexibility index (Phi) is 6.63. The van der Waals surface area contributed by atoms with Crippen LogP contribution in [0, 0.1) is 0 Å². The first-order valence-corrected chi connectivity index (χ1v) is 9.37. The van der Waals surface area contributed by atoms with E-state index in [1.807, 2.05) is 72.8 Å². The Labute approximate surface area is 164 Å². The first-order valence-electron chi connectivity index (χ1n) is 9.37. The molecule has 0 aliphatic rings. The average Bonchev–Trinajstić information content (AvgIpc) is 3.21. The normalized spacial score (nSPS) is 11.6. The summed E-state index contributed by atoms with van der Waals surface area (Å²) in [4.78, 5) is 24.3.